The average Bonchev–Trinajstić information content (AvgIpc) is 2.41. The summed E-state index contributed by atoms with van der Waals surface area (Å²) in [6.45, 7) is 1.80. The van der Waals surface area contributed by atoms with Gasteiger partial charge in [-0.1, -0.05) is 29.3 Å². The van der Waals surface area contributed by atoms with Gasteiger partial charge in [0.25, 0.3) is 5.91 Å². The Labute approximate surface area is 132 Å². The number of phenols is 1. The van der Waals surface area contributed by atoms with Gasteiger partial charge in [-0.25, -0.2) is 0 Å². The van der Waals surface area contributed by atoms with E-state index in [1.165, 1.54) is 18.2 Å². The molecule has 110 valence electrons. The fourth-order valence-electron chi connectivity index (χ4n) is 1.95. The second-order valence-corrected chi connectivity index (χ2v) is 5.48. The van der Waals surface area contributed by atoms with Crippen LogP contribution in [-0.4, -0.2) is 11.0 Å². The molecular weight excluding hydrogens is 311 g/mol. The Hall–Kier alpha value is -1.91. The van der Waals surface area contributed by atoms with Gasteiger partial charge in [0.05, 0.1) is 11.6 Å². The van der Waals surface area contributed by atoms with Crippen molar-refractivity contribution in [2.45, 2.75) is 13.0 Å². The number of halogens is 2. The van der Waals surface area contributed by atoms with Gasteiger partial charge < -0.3 is 16.2 Å². The summed E-state index contributed by atoms with van der Waals surface area (Å²) in [7, 11) is 0. The predicted molar refractivity (Wildman–Crippen MR) is 84.9 cm³/mol. The molecule has 0 aliphatic heterocycles. The number of nitrogens with one attached hydrogen (secondary N) is 1. The van der Waals surface area contributed by atoms with Gasteiger partial charge in [-0.2, -0.15) is 0 Å². The molecule has 0 aromatic heterocycles. The summed E-state index contributed by atoms with van der Waals surface area (Å²) in [5.74, 6) is -0.409. The van der Waals surface area contributed by atoms with Crippen LogP contribution in [0.25, 0.3) is 0 Å². The molecule has 4 nitrogen and oxygen atoms in total. The Kier molecular flexibility index (Phi) is 4.60. The number of carbonyl (C=O) groups excluding carboxylic acids is 1. The number of benzene rings is 2. The number of nitrogen functional groups attached to an aromatic ring is 1. The molecule has 0 radical (unpaired) electrons. The molecule has 0 aliphatic rings. The molecule has 0 spiro atoms. The van der Waals surface area contributed by atoms with Crippen LogP contribution in [-0.2, 0) is 0 Å². The van der Waals surface area contributed by atoms with Crippen molar-refractivity contribution in [3.63, 3.8) is 0 Å². The lowest BCUT2D eigenvalue weighted by Gasteiger charge is -2.16. The van der Waals surface area contributed by atoms with Crippen LogP contribution in [0, 0.1) is 0 Å². The minimum absolute atomic E-state index is 0.0217. The summed E-state index contributed by atoms with van der Waals surface area (Å²) in [4.78, 5) is 12.2. The normalized spacial score (nSPS) is 12.0. The first kappa shape index (κ1) is 15.5. The van der Waals surface area contributed by atoms with Crippen molar-refractivity contribution < 1.29 is 9.90 Å². The van der Waals surface area contributed by atoms with Crippen LogP contribution in [0.15, 0.2) is 36.4 Å². The fourth-order valence-corrected chi connectivity index (χ4v) is 2.52. The third-order valence-electron chi connectivity index (χ3n) is 3.06. The monoisotopic (exact) mass is 324 g/mol. The van der Waals surface area contributed by atoms with E-state index in [0.29, 0.717) is 15.7 Å². The summed E-state index contributed by atoms with van der Waals surface area (Å²) in [5.41, 5.74) is 6.99. The van der Waals surface area contributed by atoms with Crippen LogP contribution in [0.3, 0.4) is 0 Å². The Bertz CT molecular complexity index is 689. The van der Waals surface area contributed by atoms with Crippen molar-refractivity contribution in [3.05, 3.63) is 57.6 Å². The summed E-state index contributed by atoms with van der Waals surface area (Å²) in [5, 5.41) is 13.2. The van der Waals surface area contributed by atoms with E-state index < -0.39 is 0 Å². The molecule has 0 saturated heterocycles. The molecule has 1 unspecified atom stereocenters. The molecule has 0 fully saturated rings. The van der Waals surface area contributed by atoms with Gasteiger partial charge in [-0.05, 0) is 42.8 Å². The number of rotatable bonds is 3. The van der Waals surface area contributed by atoms with E-state index in [1.54, 1.807) is 25.1 Å². The van der Waals surface area contributed by atoms with Gasteiger partial charge in [-0.3, -0.25) is 4.79 Å². The maximum Gasteiger partial charge on any atom is 0.253 e. The zero-order valence-corrected chi connectivity index (χ0v) is 12.7. The SMILES string of the molecule is CC(NC(=O)c1cc(O)ccc1N)c1ccc(Cl)cc1Cl. The molecular formula is C15H14Cl2N2O2. The van der Waals surface area contributed by atoms with Crippen LogP contribution in [0.5, 0.6) is 5.75 Å². The van der Waals surface area contributed by atoms with E-state index >= 15 is 0 Å². The first-order valence-corrected chi connectivity index (χ1v) is 6.98. The molecule has 0 bridgehead atoms. The first-order valence-electron chi connectivity index (χ1n) is 6.23. The lowest BCUT2D eigenvalue weighted by atomic mass is 10.1. The number of hydrogen-bond donors (Lipinski definition) is 3. The van der Waals surface area contributed by atoms with Crippen molar-refractivity contribution >= 4 is 34.8 Å². The van der Waals surface area contributed by atoms with Crippen molar-refractivity contribution in [1.82, 2.24) is 5.32 Å². The second kappa shape index (κ2) is 6.24. The van der Waals surface area contributed by atoms with E-state index in [1.807, 2.05) is 0 Å². The summed E-state index contributed by atoms with van der Waals surface area (Å²) in [6.07, 6.45) is 0. The van der Waals surface area contributed by atoms with E-state index in [9.17, 15) is 9.90 Å². The zero-order valence-electron chi connectivity index (χ0n) is 11.2. The Morgan fingerprint density at radius 1 is 1.24 bits per heavy atom. The van der Waals surface area contributed by atoms with Crippen molar-refractivity contribution in [1.29, 1.82) is 0 Å². The summed E-state index contributed by atoms with van der Waals surface area (Å²) < 4.78 is 0. The lowest BCUT2D eigenvalue weighted by molar-refractivity contribution is 0.0940. The Morgan fingerprint density at radius 2 is 1.95 bits per heavy atom. The zero-order chi connectivity index (χ0) is 15.6. The van der Waals surface area contributed by atoms with Gasteiger partial charge in [-0.15, -0.1) is 0 Å². The molecule has 1 atom stereocenters. The van der Waals surface area contributed by atoms with E-state index in [2.05, 4.69) is 5.32 Å². The van der Waals surface area contributed by atoms with Crippen molar-refractivity contribution in [3.8, 4) is 5.75 Å². The minimum atomic E-state index is -0.387. The Morgan fingerprint density at radius 3 is 2.62 bits per heavy atom. The van der Waals surface area contributed by atoms with Crippen LogP contribution >= 0.6 is 23.2 Å². The molecule has 0 heterocycles. The molecule has 1 amide bonds. The molecule has 0 saturated carbocycles. The fraction of sp³-hybridized carbons (Fsp3) is 0.133. The molecule has 2 rings (SSSR count). The average molecular weight is 325 g/mol. The summed E-state index contributed by atoms with van der Waals surface area (Å²) >= 11 is 12.0. The van der Waals surface area contributed by atoms with Gasteiger partial charge in [0.2, 0.25) is 0 Å². The van der Waals surface area contributed by atoms with Crippen LogP contribution in [0.1, 0.15) is 28.9 Å². The number of phenolic OH excluding ortho intramolecular Hbond substituents is 1. The number of hydrogen-bond acceptors (Lipinski definition) is 3. The van der Waals surface area contributed by atoms with E-state index in [4.69, 9.17) is 28.9 Å². The third-order valence-corrected chi connectivity index (χ3v) is 3.62. The smallest absolute Gasteiger partial charge is 0.253 e. The maximum atomic E-state index is 12.2. The molecule has 2 aromatic rings. The van der Waals surface area contributed by atoms with Gasteiger partial charge in [0.15, 0.2) is 0 Å². The predicted octanol–water partition coefficient (Wildman–Crippen LogP) is 3.77. The highest BCUT2D eigenvalue weighted by Gasteiger charge is 2.16. The van der Waals surface area contributed by atoms with Gasteiger partial charge >= 0.3 is 0 Å². The third kappa shape index (κ3) is 3.60. The molecule has 21 heavy (non-hydrogen) atoms. The maximum absolute atomic E-state index is 12.2. The van der Waals surface area contributed by atoms with Crippen LogP contribution in [0.4, 0.5) is 5.69 Å². The Balaban J connectivity index is 2.20. The molecule has 0 aliphatic carbocycles. The van der Waals surface area contributed by atoms with Crippen LogP contribution < -0.4 is 11.1 Å². The topological polar surface area (TPSA) is 75.3 Å². The van der Waals surface area contributed by atoms with E-state index in [-0.39, 0.29) is 23.3 Å². The first-order chi connectivity index (χ1) is 9.88. The van der Waals surface area contributed by atoms with Crippen molar-refractivity contribution in [2.75, 3.05) is 5.73 Å². The summed E-state index contributed by atoms with van der Waals surface area (Å²) in [6, 6.07) is 8.96. The number of carbonyl (C=O) groups is 1. The largest absolute Gasteiger partial charge is 0.508 e. The quantitative estimate of drug-likeness (QED) is 0.594. The molecule has 2 aromatic carbocycles. The van der Waals surface area contributed by atoms with Gasteiger partial charge in [0.1, 0.15) is 5.75 Å². The van der Waals surface area contributed by atoms with Crippen molar-refractivity contribution in [2.24, 2.45) is 0 Å². The number of anilines is 1. The number of amides is 1. The standard InChI is InChI=1S/C15H14Cl2N2O2/c1-8(11-4-2-9(16)6-13(11)17)19-15(21)12-7-10(20)3-5-14(12)18/h2-8,20H,18H2,1H3,(H,19,21). The number of aromatic hydroxyl groups is 1. The molecule has 4 N–H and O–H groups in total. The van der Waals surface area contributed by atoms with E-state index in [0.717, 1.165) is 5.56 Å². The molecule has 6 heteroatoms. The second-order valence-electron chi connectivity index (χ2n) is 4.63. The lowest BCUT2D eigenvalue weighted by Crippen LogP contribution is -2.27. The van der Waals surface area contributed by atoms with Gasteiger partial charge in [0, 0.05) is 15.7 Å². The minimum Gasteiger partial charge on any atom is -0.508 e. The number of nitrogens with two attached hydrogens (primary N) is 1. The highest BCUT2D eigenvalue weighted by molar-refractivity contribution is 6.35. The highest BCUT2D eigenvalue weighted by atomic mass is 35.5. The highest BCUT2D eigenvalue weighted by Crippen LogP contribution is 2.27. The van der Waals surface area contributed by atoms with Crippen LogP contribution in [0.2, 0.25) is 10.0 Å².